The SMILES string of the molecule is Cc1ccc(OC2CC(C)CC(C)C2)cc1F. The minimum atomic E-state index is -0.181. The smallest absolute Gasteiger partial charge is 0.129 e. The first kappa shape index (κ1) is 12.4. The van der Waals surface area contributed by atoms with Crippen LogP contribution >= 0.6 is 0 Å². The number of hydrogen-bond donors (Lipinski definition) is 0. The predicted molar refractivity (Wildman–Crippen MR) is 67.7 cm³/mol. The Labute approximate surface area is 103 Å². The summed E-state index contributed by atoms with van der Waals surface area (Å²) in [5.41, 5.74) is 0.669. The molecule has 94 valence electrons. The van der Waals surface area contributed by atoms with Gasteiger partial charge < -0.3 is 4.74 Å². The maximum Gasteiger partial charge on any atom is 0.129 e. The summed E-state index contributed by atoms with van der Waals surface area (Å²) in [6.45, 7) is 6.30. The van der Waals surface area contributed by atoms with Crippen molar-refractivity contribution in [1.29, 1.82) is 0 Å². The third-order valence-corrected chi connectivity index (χ3v) is 3.58. The third kappa shape index (κ3) is 3.21. The second kappa shape index (κ2) is 5.07. The number of benzene rings is 1. The second-order valence-corrected chi connectivity index (χ2v) is 5.57. The van der Waals surface area contributed by atoms with Gasteiger partial charge in [-0.05, 0) is 49.7 Å². The average molecular weight is 236 g/mol. The zero-order valence-electron chi connectivity index (χ0n) is 10.9. The Morgan fingerprint density at radius 1 is 1.12 bits per heavy atom. The molecule has 1 aliphatic carbocycles. The number of aryl methyl sites for hydroxylation is 1. The Morgan fingerprint density at radius 2 is 1.76 bits per heavy atom. The van der Waals surface area contributed by atoms with Gasteiger partial charge in [0.25, 0.3) is 0 Å². The van der Waals surface area contributed by atoms with Crippen LogP contribution in [0.5, 0.6) is 5.75 Å². The predicted octanol–water partition coefficient (Wildman–Crippen LogP) is 4.34. The fourth-order valence-corrected chi connectivity index (χ4v) is 2.81. The molecule has 0 aliphatic heterocycles. The Hall–Kier alpha value is -1.05. The van der Waals surface area contributed by atoms with Gasteiger partial charge >= 0.3 is 0 Å². The van der Waals surface area contributed by atoms with Crippen molar-refractivity contribution in [2.45, 2.75) is 46.1 Å². The molecule has 0 bridgehead atoms. The summed E-state index contributed by atoms with van der Waals surface area (Å²) in [6, 6.07) is 5.14. The quantitative estimate of drug-likeness (QED) is 0.742. The minimum Gasteiger partial charge on any atom is -0.490 e. The topological polar surface area (TPSA) is 9.23 Å². The van der Waals surface area contributed by atoms with Crippen LogP contribution in [0.1, 0.15) is 38.7 Å². The van der Waals surface area contributed by atoms with Gasteiger partial charge in [-0.25, -0.2) is 4.39 Å². The lowest BCUT2D eigenvalue weighted by Gasteiger charge is -2.31. The molecule has 2 heteroatoms. The average Bonchev–Trinajstić information content (AvgIpc) is 2.22. The van der Waals surface area contributed by atoms with Crippen molar-refractivity contribution in [2.75, 3.05) is 0 Å². The van der Waals surface area contributed by atoms with Crippen molar-refractivity contribution in [1.82, 2.24) is 0 Å². The van der Waals surface area contributed by atoms with Gasteiger partial charge in [0.2, 0.25) is 0 Å². The molecule has 1 nitrogen and oxygen atoms in total. The van der Waals surface area contributed by atoms with Crippen LogP contribution in [-0.2, 0) is 0 Å². The molecule has 0 spiro atoms. The molecular weight excluding hydrogens is 215 g/mol. The third-order valence-electron chi connectivity index (χ3n) is 3.58. The van der Waals surface area contributed by atoms with Crippen LogP contribution in [0.3, 0.4) is 0 Å². The Balaban J connectivity index is 2.02. The monoisotopic (exact) mass is 236 g/mol. The highest BCUT2D eigenvalue weighted by molar-refractivity contribution is 5.28. The normalized spacial score (nSPS) is 29.1. The van der Waals surface area contributed by atoms with Crippen molar-refractivity contribution in [3.05, 3.63) is 29.6 Å². The number of halogens is 1. The molecule has 1 aromatic carbocycles. The fraction of sp³-hybridized carbons (Fsp3) is 0.600. The van der Waals surface area contributed by atoms with Gasteiger partial charge in [0, 0.05) is 6.07 Å². The molecule has 0 aromatic heterocycles. The largest absolute Gasteiger partial charge is 0.490 e. The Bertz CT molecular complexity index is 379. The van der Waals surface area contributed by atoms with E-state index in [2.05, 4.69) is 13.8 Å². The first-order chi connectivity index (χ1) is 8.04. The molecule has 0 heterocycles. The molecular formula is C15H21FO. The second-order valence-electron chi connectivity index (χ2n) is 5.57. The maximum absolute atomic E-state index is 13.4. The lowest BCUT2D eigenvalue weighted by molar-refractivity contribution is 0.101. The van der Waals surface area contributed by atoms with E-state index in [1.807, 2.05) is 6.07 Å². The lowest BCUT2D eigenvalue weighted by Crippen LogP contribution is -2.28. The molecule has 17 heavy (non-hydrogen) atoms. The van der Waals surface area contributed by atoms with Gasteiger partial charge in [0.15, 0.2) is 0 Å². The molecule has 1 saturated carbocycles. The lowest BCUT2D eigenvalue weighted by atomic mass is 9.82. The van der Waals surface area contributed by atoms with Crippen LogP contribution in [0.25, 0.3) is 0 Å². The van der Waals surface area contributed by atoms with Crippen molar-refractivity contribution in [3.8, 4) is 5.75 Å². The molecule has 0 saturated heterocycles. The molecule has 0 amide bonds. The van der Waals surface area contributed by atoms with Crippen LogP contribution < -0.4 is 4.74 Å². The number of hydrogen-bond acceptors (Lipinski definition) is 1. The maximum atomic E-state index is 13.4. The Morgan fingerprint density at radius 3 is 2.35 bits per heavy atom. The van der Waals surface area contributed by atoms with Gasteiger partial charge in [-0.2, -0.15) is 0 Å². The molecule has 2 atom stereocenters. The van der Waals surface area contributed by atoms with Gasteiger partial charge in [-0.15, -0.1) is 0 Å². The van der Waals surface area contributed by atoms with Crippen molar-refractivity contribution in [3.63, 3.8) is 0 Å². The highest BCUT2D eigenvalue weighted by Gasteiger charge is 2.25. The van der Waals surface area contributed by atoms with Gasteiger partial charge in [0.1, 0.15) is 11.6 Å². The summed E-state index contributed by atoms with van der Waals surface area (Å²) in [5.74, 6) is 1.90. The summed E-state index contributed by atoms with van der Waals surface area (Å²) < 4.78 is 19.3. The number of rotatable bonds is 2. The van der Waals surface area contributed by atoms with E-state index in [1.165, 1.54) is 12.5 Å². The van der Waals surface area contributed by atoms with Gasteiger partial charge in [0.05, 0.1) is 6.10 Å². The molecule has 2 unspecified atom stereocenters. The zero-order valence-corrected chi connectivity index (χ0v) is 10.9. The summed E-state index contributed by atoms with van der Waals surface area (Å²) in [7, 11) is 0. The highest BCUT2D eigenvalue weighted by atomic mass is 19.1. The van der Waals surface area contributed by atoms with Gasteiger partial charge in [-0.3, -0.25) is 0 Å². The van der Waals surface area contributed by atoms with Crippen LogP contribution in [0.2, 0.25) is 0 Å². The van der Waals surface area contributed by atoms with E-state index in [1.54, 1.807) is 13.0 Å². The van der Waals surface area contributed by atoms with Crippen molar-refractivity contribution in [2.24, 2.45) is 11.8 Å². The van der Waals surface area contributed by atoms with Crippen molar-refractivity contribution < 1.29 is 9.13 Å². The molecule has 1 aliphatic rings. The first-order valence-corrected chi connectivity index (χ1v) is 6.47. The standard InChI is InChI=1S/C15H21FO/c1-10-6-11(2)8-14(7-10)17-13-5-4-12(3)15(16)9-13/h4-5,9-11,14H,6-8H2,1-3H3. The summed E-state index contributed by atoms with van der Waals surface area (Å²) >= 11 is 0. The van der Waals surface area contributed by atoms with Crippen LogP contribution in [0.4, 0.5) is 4.39 Å². The summed E-state index contributed by atoms with van der Waals surface area (Å²) in [6.07, 6.45) is 3.69. The van der Waals surface area contributed by atoms with Crippen LogP contribution in [-0.4, -0.2) is 6.10 Å². The first-order valence-electron chi connectivity index (χ1n) is 6.47. The molecule has 2 rings (SSSR count). The highest BCUT2D eigenvalue weighted by Crippen LogP contribution is 2.31. The molecule has 0 N–H and O–H groups in total. The van der Waals surface area contributed by atoms with E-state index in [-0.39, 0.29) is 11.9 Å². The van der Waals surface area contributed by atoms with Crippen molar-refractivity contribution >= 4 is 0 Å². The van der Waals surface area contributed by atoms with E-state index in [9.17, 15) is 4.39 Å². The van der Waals surface area contributed by atoms with E-state index in [0.717, 1.165) is 12.8 Å². The van der Waals surface area contributed by atoms with E-state index < -0.39 is 0 Å². The fourth-order valence-electron chi connectivity index (χ4n) is 2.81. The zero-order chi connectivity index (χ0) is 12.4. The van der Waals surface area contributed by atoms with Crippen LogP contribution in [0, 0.1) is 24.6 Å². The number of ether oxygens (including phenoxy) is 1. The Kier molecular flexibility index (Phi) is 3.70. The van der Waals surface area contributed by atoms with Gasteiger partial charge in [-0.1, -0.05) is 19.9 Å². The summed E-state index contributed by atoms with van der Waals surface area (Å²) in [4.78, 5) is 0. The van der Waals surface area contributed by atoms with E-state index in [4.69, 9.17) is 4.74 Å². The van der Waals surface area contributed by atoms with E-state index >= 15 is 0 Å². The van der Waals surface area contributed by atoms with Crippen LogP contribution in [0.15, 0.2) is 18.2 Å². The summed E-state index contributed by atoms with van der Waals surface area (Å²) in [5, 5.41) is 0. The van der Waals surface area contributed by atoms with E-state index in [0.29, 0.717) is 23.1 Å². The molecule has 0 radical (unpaired) electrons. The molecule has 1 fully saturated rings. The molecule has 1 aromatic rings. The minimum absolute atomic E-state index is 0.181.